The Morgan fingerprint density at radius 2 is 1.18 bits per heavy atom. The Bertz CT molecular complexity index is 666. The molecule has 12 heteroatoms. The lowest BCUT2D eigenvalue weighted by molar-refractivity contribution is -0.299. The highest BCUT2D eigenvalue weighted by Crippen LogP contribution is 2.23. The largest absolute Gasteiger partial charge is 0.394 e. The smallest absolute Gasteiger partial charge is 0.187 e. The van der Waals surface area contributed by atoms with Gasteiger partial charge in [-0.1, -0.05) is 23.3 Å². The molecule has 34 heavy (non-hydrogen) atoms. The van der Waals surface area contributed by atoms with Crippen molar-refractivity contribution in [2.45, 2.75) is 88.1 Å². The highest BCUT2D eigenvalue weighted by molar-refractivity contribution is 5.04. The Morgan fingerprint density at radius 3 is 1.68 bits per heavy atom. The van der Waals surface area contributed by atoms with Crippen LogP contribution < -0.4 is 0 Å². The van der Waals surface area contributed by atoms with Crippen molar-refractivity contribution >= 4 is 0 Å². The third kappa shape index (κ3) is 7.75. The van der Waals surface area contributed by atoms with Crippen LogP contribution >= 0.6 is 0 Å². The molecule has 0 radical (unpaired) electrons. The van der Waals surface area contributed by atoms with E-state index >= 15 is 0 Å². The SMILES string of the molecule is CC(=CCOC1OC(CO)C(O)C(O)C1O)CCC=C(C)COC1OC(CO)C(O)C(O)C1O. The highest BCUT2D eigenvalue weighted by Gasteiger charge is 2.44. The van der Waals surface area contributed by atoms with E-state index in [0.717, 1.165) is 11.1 Å². The molecule has 0 amide bonds. The van der Waals surface area contributed by atoms with Crippen LogP contribution in [0.15, 0.2) is 23.3 Å². The zero-order chi connectivity index (χ0) is 25.4. The van der Waals surface area contributed by atoms with Gasteiger partial charge in [0.15, 0.2) is 12.6 Å². The van der Waals surface area contributed by atoms with Crippen molar-refractivity contribution in [2.24, 2.45) is 0 Å². The van der Waals surface area contributed by atoms with E-state index in [9.17, 15) is 40.9 Å². The fourth-order valence-corrected chi connectivity index (χ4v) is 3.62. The number of hydrogen-bond donors (Lipinski definition) is 8. The van der Waals surface area contributed by atoms with Crippen molar-refractivity contribution in [1.29, 1.82) is 0 Å². The average Bonchev–Trinajstić information content (AvgIpc) is 2.82. The van der Waals surface area contributed by atoms with Crippen molar-refractivity contribution in [3.8, 4) is 0 Å². The third-order valence-electron chi connectivity index (χ3n) is 5.90. The van der Waals surface area contributed by atoms with Gasteiger partial charge in [0, 0.05) is 0 Å². The van der Waals surface area contributed by atoms with E-state index in [1.54, 1.807) is 6.08 Å². The van der Waals surface area contributed by atoms with Crippen LogP contribution in [0.1, 0.15) is 26.7 Å². The lowest BCUT2D eigenvalue weighted by Crippen LogP contribution is -2.59. The summed E-state index contributed by atoms with van der Waals surface area (Å²) in [5.74, 6) is 0. The van der Waals surface area contributed by atoms with E-state index in [4.69, 9.17) is 18.9 Å². The molecule has 0 spiro atoms. The molecular formula is C22H38O12. The Kier molecular flexibility index (Phi) is 12.0. The molecule has 2 aliphatic rings. The summed E-state index contributed by atoms with van der Waals surface area (Å²) in [6, 6.07) is 0. The first-order chi connectivity index (χ1) is 16.1. The summed E-state index contributed by atoms with van der Waals surface area (Å²) in [6.45, 7) is 2.88. The summed E-state index contributed by atoms with van der Waals surface area (Å²) in [6.07, 6.45) is -8.05. The standard InChI is InChI=1S/C22H38O12/c1-11(6-7-31-21-19(29)17(27)15(25)13(8-23)33-21)4-3-5-12(2)10-32-22-20(30)18(28)16(26)14(9-24)34-22/h5-6,13-30H,3-4,7-10H2,1-2H3. The first-order valence-electron chi connectivity index (χ1n) is 11.3. The number of aliphatic hydroxyl groups excluding tert-OH is 8. The Balaban J connectivity index is 1.73. The van der Waals surface area contributed by atoms with Crippen LogP contribution in [0.4, 0.5) is 0 Å². The van der Waals surface area contributed by atoms with E-state index in [-0.39, 0.29) is 13.2 Å². The van der Waals surface area contributed by atoms with Crippen molar-refractivity contribution in [1.82, 2.24) is 0 Å². The van der Waals surface area contributed by atoms with Gasteiger partial charge in [-0.05, 0) is 26.7 Å². The van der Waals surface area contributed by atoms with Gasteiger partial charge in [-0.25, -0.2) is 0 Å². The predicted molar refractivity (Wildman–Crippen MR) is 116 cm³/mol. The summed E-state index contributed by atoms with van der Waals surface area (Å²) in [5.41, 5.74) is 1.84. The Labute approximate surface area is 198 Å². The monoisotopic (exact) mass is 494 g/mol. The molecule has 8 N–H and O–H groups in total. The molecule has 198 valence electrons. The molecule has 2 fully saturated rings. The van der Waals surface area contributed by atoms with Crippen molar-refractivity contribution < 1.29 is 59.8 Å². The number of ether oxygens (including phenoxy) is 4. The Hall–Kier alpha value is -1.00. The summed E-state index contributed by atoms with van der Waals surface area (Å²) >= 11 is 0. The predicted octanol–water partition coefficient (Wildman–Crippen LogP) is -2.71. The molecule has 2 heterocycles. The fourth-order valence-electron chi connectivity index (χ4n) is 3.62. The summed E-state index contributed by atoms with van der Waals surface area (Å²) in [4.78, 5) is 0. The molecule has 0 aromatic carbocycles. The van der Waals surface area contributed by atoms with Crippen molar-refractivity contribution in [2.75, 3.05) is 26.4 Å². The zero-order valence-electron chi connectivity index (χ0n) is 19.4. The molecule has 12 nitrogen and oxygen atoms in total. The van der Waals surface area contributed by atoms with E-state index in [2.05, 4.69) is 0 Å². The molecule has 10 atom stereocenters. The van der Waals surface area contributed by atoms with Crippen LogP contribution in [0.5, 0.6) is 0 Å². The second-order valence-electron chi connectivity index (χ2n) is 8.68. The van der Waals surface area contributed by atoms with Gasteiger partial charge >= 0.3 is 0 Å². The molecular weight excluding hydrogens is 456 g/mol. The van der Waals surface area contributed by atoms with Gasteiger partial charge in [0.25, 0.3) is 0 Å². The second-order valence-corrected chi connectivity index (χ2v) is 8.68. The van der Waals surface area contributed by atoms with Crippen LogP contribution in [0.3, 0.4) is 0 Å². The number of rotatable bonds is 11. The first kappa shape index (κ1) is 29.2. The maximum Gasteiger partial charge on any atom is 0.187 e. The van der Waals surface area contributed by atoms with Crippen molar-refractivity contribution in [3.63, 3.8) is 0 Å². The Morgan fingerprint density at radius 1 is 0.676 bits per heavy atom. The number of aliphatic hydroxyl groups is 8. The van der Waals surface area contributed by atoms with Gasteiger partial charge in [0.2, 0.25) is 0 Å². The third-order valence-corrected chi connectivity index (χ3v) is 5.90. The number of hydrogen-bond acceptors (Lipinski definition) is 12. The van der Waals surface area contributed by atoms with Gasteiger partial charge < -0.3 is 59.8 Å². The summed E-state index contributed by atoms with van der Waals surface area (Å²) in [5, 5.41) is 77.5. The topological polar surface area (TPSA) is 199 Å². The van der Waals surface area contributed by atoms with Crippen LogP contribution in [0.2, 0.25) is 0 Å². The molecule has 10 unspecified atom stereocenters. The molecule has 0 aliphatic carbocycles. The normalized spacial score (nSPS) is 39.9. The minimum Gasteiger partial charge on any atom is -0.394 e. The van der Waals surface area contributed by atoms with Gasteiger partial charge in [0.1, 0.15) is 48.8 Å². The van der Waals surface area contributed by atoms with Gasteiger partial charge in [-0.2, -0.15) is 0 Å². The lowest BCUT2D eigenvalue weighted by atomic mass is 9.99. The maximum absolute atomic E-state index is 9.99. The zero-order valence-corrected chi connectivity index (χ0v) is 19.4. The van der Waals surface area contributed by atoms with Gasteiger partial charge in [0.05, 0.1) is 26.4 Å². The molecule has 0 bridgehead atoms. The second kappa shape index (κ2) is 13.9. The quantitative estimate of drug-likeness (QED) is 0.138. The maximum atomic E-state index is 9.99. The van der Waals surface area contributed by atoms with Crippen LogP contribution in [-0.2, 0) is 18.9 Å². The van der Waals surface area contributed by atoms with Crippen molar-refractivity contribution in [3.05, 3.63) is 23.3 Å². The molecule has 2 rings (SSSR count). The summed E-state index contributed by atoms with van der Waals surface area (Å²) < 4.78 is 21.5. The summed E-state index contributed by atoms with van der Waals surface area (Å²) in [7, 11) is 0. The molecule has 0 saturated carbocycles. The minimum atomic E-state index is -1.49. The van der Waals surface area contributed by atoms with Crippen LogP contribution in [0, 0.1) is 0 Å². The van der Waals surface area contributed by atoms with Gasteiger partial charge in [-0.3, -0.25) is 0 Å². The fraction of sp³-hybridized carbons (Fsp3) is 0.818. The van der Waals surface area contributed by atoms with Gasteiger partial charge in [-0.15, -0.1) is 0 Å². The molecule has 2 aliphatic heterocycles. The lowest BCUT2D eigenvalue weighted by Gasteiger charge is -2.39. The average molecular weight is 495 g/mol. The van der Waals surface area contributed by atoms with E-state index in [0.29, 0.717) is 12.8 Å². The van der Waals surface area contributed by atoms with E-state index < -0.39 is 74.6 Å². The molecule has 0 aromatic heterocycles. The molecule has 0 aromatic rings. The van der Waals surface area contributed by atoms with E-state index in [1.165, 1.54) is 0 Å². The number of allylic oxidation sites excluding steroid dienone is 2. The van der Waals surface area contributed by atoms with E-state index in [1.807, 2.05) is 19.9 Å². The highest BCUT2D eigenvalue weighted by atomic mass is 16.7. The minimum absolute atomic E-state index is 0.0947. The van der Waals surface area contributed by atoms with Crippen LogP contribution in [0.25, 0.3) is 0 Å². The van der Waals surface area contributed by atoms with Crippen LogP contribution in [-0.4, -0.2) is 129 Å². The first-order valence-corrected chi connectivity index (χ1v) is 11.3. The molecule has 2 saturated heterocycles.